The van der Waals surface area contributed by atoms with Gasteiger partial charge in [-0.25, -0.2) is 0 Å². The number of nitrogen functional groups attached to an aromatic ring is 2. The van der Waals surface area contributed by atoms with E-state index in [1.165, 1.54) is 0 Å². The van der Waals surface area contributed by atoms with Crippen LogP contribution in [0.2, 0.25) is 0 Å². The third-order valence-corrected chi connectivity index (χ3v) is 3.25. The molecule has 0 aromatic heterocycles. The Bertz CT molecular complexity index is 665. The first-order valence-corrected chi connectivity index (χ1v) is 5.89. The zero-order valence-electron chi connectivity index (χ0n) is 8.21. The Labute approximate surface area is 92.4 Å². The van der Waals surface area contributed by atoms with Crippen molar-refractivity contribution in [2.24, 2.45) is 0 Å². The van der Waals surface area contributed by atoms with Gasteiger partial charge < -0.3 is 11.5 Å². The number of anilines is 2. The molecule has 0 aliphatic rings. The molecule has 2 aromatic rings. The van der Waals surface area contributed by atoms with Crippen LogP contribution in [-0.2, 0) is 10.1 Å². The Balaban J connectivity index is 3.02. The summed E-state index contributed by atoms with van der Waals surface area (Å²) in [6.45, 7) is 0. The molecule has 0 saturated carbocycles. The lowest BCUT2D eigenvalue weighted by Crippen LogP contribution is -2.03. The molecule has 84 valence electrons. The van der Waals surface area contributed by atoms with Gasteiger partial charge in [-0.15, -0.1) is 0 Å². The van der Waals surface area contributed by atoms with Gasteiger partial charge in [0.2, 0.25) is 0 Å². The predicted molar refractivity (Wildman–Crippen MR) is 62.6 cm³/mol. The molecule has 0 aliphatic heterocycles. The molecule has 6 heteroatoms. The fourth-order valence-corrected chi connectivity index (χ4v) is 2.33. The van der Waals surface area contributed by atoms with Gasteiger partial charge in [0.1, 0.15) is 4.90 Å². The summed E-state index contributed by atoms with van der Waals surface area (Å²) in [5.74, 6) is 0. The van der Waals surface area contributed by atoms with Crippen LogP contribution in [0, 0.1) is 0 Å². The minimum Gasteiger partial charge on any atom is -0.397 e. The second-order valence-corrected chi connectivity index (χ2v) is 4.79. The standard InChI is InChI=1S/C10H10N2O3S/c11-8-5-9(16(13,14)15)6-3-1-2-4-7(6)10(8)12/h1-5H,11-12H2,(H,13,14,15). The zero-order chi connectivity index (χ0) is 11.9. The highest BCUT2D eigenvalue weighted by Gasteiger charge is 2.16. The van der Waals surface area contributed by atoms with E-state index in [4.69, 9.17) is 16.0 Å². The summed E-state index contributed by atoms with van der Waals surface area (Å²) >= 11 is 0. The molecule has 0 heterocycles. The number of nitrogens with two attached hydrogens (primary N) is 2. The second-order valence-electron chi connectivity index (χ2n) is 3.40. The highest BCUT2D eigenvalue weighted by Crippen LogP contribution is 2.32. The summed E-state index contributed by atoms with van der Waals surface area (Å²) in [4.78, 5) is -0.227. The van der Waals surface area contributed by atoms with E-state index in [2.05, 4.69) is 0 Å². The average molecular weight is 238 g/mol. The molecule has 0 saturated heterocycles. The normalized spacial score (nSPS) is 11.8. The topological polar surface area (TPSA) is 106 Å². The Morgan fingerprint density at radius 1 is 1.06 bits per heavy atom. The van der Waals surface area contributed by atoms with Crippen molar-refractivity contribution in [3.05, 3.63) is 30.3 Å². The number of rotatable bonds is 1. The molecule has 2 rings (SSSR count). The fraction of sp³-hybridized carbons (Fsp3) is 0. The molecule has 0 radical (unpaired) electrons. The third-order valence-electron chi connectivity index (χ3n) is 2.36. The molecular formula is C10H10N2O3S. The van der Waals surface area contributed by atoms with E-state index < -0.39 is 10.1 Å². The van der Waals surface area contributed by atoms with E-state index in [1.807, 2.05) is 0 Å². The van der Waals surface area contributed by atoms with Gasteiger partial charge in [0, 0.05) is 10.8 Å². The minimum atomic E-state index is -4.30. The number of hydrogen-bond acceptors (Lipinski definition) is 4. The van der Waals surface area contributed by atoms with E-state index in [0.717, 1.165) is 6.07 Å². The summed E-state index contributed by atoms with van der Waals surface area (Å²) in [7, 11) is -4.30. The van der Waals surface area contributed by atoms with Gasteiger partial charge in [-0.3, -0.25) is 4.55 Å². The van der Waals surface area contributed by atoms with Crippen LogP contribution in [0.1, 0.15) is 0 Å². The maximum absolute atomic E-state index is 11.2. The van der Waals surface area contributed by atoms with Crippen LogP contribution in [0.4, 0.5) is 11.4 Å². The van der Waals surface area contributed by atoms with E-state index in [9.17, 15) is 8.42 Å². The van der Waals surface area contributed by atoms with E-state index >= 15 is 0 Å². The van der Waals surface area contributed by atoms with E-state index in [-0.39, 0.29) is 10.6 Å². The minimum absolute atomic E-state index is 0.131. The smallest absolute Gasteiger partial charge is 0.295 e. The van der Waals surface area contributed by atoms with Crippen molar-refractivity contribution in [3.63, 3.8) is 0 Å². The largest absolute Gasteiger partial charge is 0.397 e. The Kier molecular flexibility index (Phi) is 2.25. The summed E-state index contributed by atoms with van der Waals surface area (Å²) < 4.78 is 31.4. The zero-order valence-corrected chi connectivity index (χ0v) is 9.03. The van der Waals surface area contributed by atoms with Crippen LogP contribution in [-0.4, -0.2) is 13.0 Å². The Morgan fingerprint density at radius 2 is 1.62 bits per heavy atom. The molecule has 16 heavy (non-hydrogen) atoms. The second kappa shape index (κ2) is 3.36. The highest BCUT2D eigenvalue weighted by molar-refractivity contribution is 7.86. The molecular weight excluding hydrogens is 228 g/mol. The molecule has 5 nitrogen and oxygen atoms in total. The highest BCUT2D eigenvalue weighted by atomic mass is 32.2. The first kappa shape index (κ1) is 10.7. The Hall–Kier alpha value is -1.79. The lowest BCUT2D eigenvalue weighted by Gasteiger charge is -2.09. The van der Waals surface area contributed by atoms with Crippen molar-refractivity contribution in [3.8, 4) is 0 Å². The lowest BCUT2D eigenvalue weighted by atomic mass is 10.1. The van der Waals surface area contributed by atoms with Crippen molar-refractivity contribution in [2.75, 3.05) is 11.5 Å². The van der Waals surface area contributed by atoms with Gasteiger partial charge in [-0.05, 0) is 6.07 Å². The van der Waals surface area contributed by atoms with Crippen LogP contribution >= 0.6 is 0 Å². The van der Waals surface area contributed by atoms with Gasteiger partial charge >= 0.3 is 0 Å². The van der Waals surface area contributed by atoms with Crippen molar-refractivity contribution < 1.29 is 13.0 Å². The van der Waals surface area contributed by atoms with Crippen molar-refractivity contribution in [1.29, 1.82) is 0 Å². The van der Waals surface area contributed by atoms with Gasteiger partial charge in [0.15, 0.2) is 0 Å². The van der Waals surface area contributed by atoms with E-state index in [1.54, 1.807) is 24.3 Å². The van der Waals surface area contributed by atoms with Crippen LogP contribution in [0.25, 0.3) is 10.8 Å². The molecule has 0 unspecified atom stereocenters. The van der Waals surface area contributed by atoms with Crippen LogP contribution in [0.5, 0.6) is 0 Å². The number of benzene rings is 2. The number of fused-ring (bicyclic) bond motifs is 1. The van der Waals surface area contributed by atoms with Gasteiger partial charge in [-0.1, -0.05) is 24.3 Å². The first-order valence-electron chi connectivity index (χ1n) is 4.45. The van der Waals surface area contributed by atoms with Crippen molar-refractivity contribution in [2.45, 2.75) is 4.90 Å². The monoisotopic (exact) mass is 238 g/mol. The SMILES string of the molecule is Nc1cc(S(=O)(=O)O)c2ccccc2c1N. The van der Waals surface area contributed by atoms with Crippen molar-refractivity contribution >= 4 is 32.3 Å². The van der Waals surface area contributed by atoms with Crippen molar-refractivity contribution in [1.82, 2.24) is 0 Å². The van der Waals surface area contributed by atoms with Gasteiger partial charge in [0.05, 0.1) is 11.4 Å². The predicted octanol–water partition coefficient (Wildman–Crippen LogP) is 1.25. The lowest BCUT2D eigenvalue weighted by molar-refractivity contribution is 0.484. The summed E-state index contributed by atoms with van der Waals surface area (Å²) in [6.07, 6.45) is 0. The molecule has 0 fully saturated rings. The Morgan fingerprint density at radius 3 is 2.19 bits per heavy atom. The fourth-order valence-electron chi connectivity index (χ4n) is 1.60. The molecule has 5 N–H and O–H groups in total. The molecule has 0 amide bonds. The molecule has 0 spiro atoms. The third kappa shape index (κ3) is 1.58. The molecule has 0 atom stereocenters. The van der Waals surface area contributed by atoms with Gasteiger partial charge in [-0.2, -0.15) is 8.42 Å². The summed E-state index contributed by atoms with van der Waals surface area (Å²) in [6, 6.07) is 7.75. The molecule has 2 aromatic carbocycles. The molecule has 0 bridgehead atoms. The first-order chi connectivity index (χ1) is 7.41. The quantitative estimate of drug-likeness (QED) is 0.512. The number of hydrogen-bond donors (Lipinski definition) is 3. The summed E-state index contributed by atoms with van der Waals surface area (Å²) in [5.41, 5.74) is 11.8. The van der Waals surface area contributed by atoms with E-state index in [0.29, 0.717) is 16.5 Å². The van der Waals surface area contributed by atoms with Crippen LogP contribution in [0.3, 0.4) is 0 Å². The maximum atomic E-state index is 11.2. The average Bonchev–Trinajstić information content (AvgIpc) is 2.22. The molecule has 0 aliphatic carbocycles. The van der Waals surface area contributed by atoms with Gasteiger partial charge in [0.25, 0.3) is 10.1 Å². The van der Waals surface area contributed by atoms with Crippen LogP contribution in [0.15, 0.2) is 35.2 Å². The van der Waals surface area contributed by atoms with Crippen LogP contribution < -0.4 is 11.5 Å². The summed E-state index contributed by atoms with van der Waals surface area (Å²) in [5, 5.41) is 0.867. The maximum Gasteiger partial charge on any atom is 0.295 e.